The van der Waals surface area contributed by atoms with Crippen LogP contribution in [-0.2, 0) is 4.74 Å². The Balaban J connectivity index is 2.54. The van der Waals surface area contributed by atoms with Crippen molar-refractivity contribution in [1.82, 2.24) is 4.90 Å². The van der Waals surface area contributed by atoms with Crippen molar-refractivity contribution in [2.45, 2.75) is 0 Å². The quantitative estimate of drug-likeness (QED) is 0.817. The number of rotatable bonds is 6. The van der Waals surface area contributed by atoms with Crippen LogP contribution in [0.3, 0.4) is 0 Å². The van der Waals surface area contributed by atoms with Gasteiger partial charge in [0.25, 0.3) is 5.91 Å². The number of halogens is 2. The number of nitrogens with zero attached hydrogens (tertiary/aromatic N) is 1. The number of ether oxygens (including phenoxy) is 1. The summed E-state index contributed by atoms with van der Waals surface area (Å²) in [6.45, 7) is 1.07. The Labute approximate surface area is 116 Å². The largest absolute Gasteiger partial charge is 0.394 e. The predicted octanol–water partition coefficient (Wildman–Crippen LogP) is 2.07. The van der Waals surface area contributed by atoms with Gasteiger partial charge in [-0.2, -0.15) is 0 Å². The maximum Gasteiger partial charge on any atom is 0.253 e. The zero-order chi connectivity index (χ0) is 13.5. The van der Waals surface area contributed by atoms with Crippen LogP contribution in [0, 0.1) is 0 Å². The number of likely N-dealkylation sites (N-methyl/N-ethyl adjacent to an activating group) is 1. The molecule has 1 rings (SSSR count). The average molecular weight is 292 g/mol. The normalized spacial score (nSPS) is 10.4. The molecule has 6 heteroatoms. The van der Waals surface area contributed by atoms with Crippen molar-refractivity contribution in [2.24, 2.45) is 0 Å². The minimum Gasteiger partial charge on any atom is -0.394 e. The first-order chi connectivity index (χ1) is 8.56. The topological polar surface area (TPSA) is 49.8 Å². The molecule has 0 atom stereocenters. The van der Waals surface area contributed by atoms with Crippen LogP contribution < -0.4 is 0 Å². The van der Waals surface area contributed by atoms with E-state index in [1.165, 1.54) is 11.0 Å². The van der Waals surface area contributed by atoms with Gasteiger partial charge in [0.15, 0.2) is 0 Å². The van der Waals surface area contributed by atoms with Crippen molar-refractivity contribution in [1.29, 1.82) is 0 Å². The summed E-state index contributed by atoms with van der Waals surface area (Å²) >= 11 is 11.6. The van der Waals surface area contributed by atoms with Gasteiger partial charge in [0.2, 0.25) is 0 Å². The number of aliphatic hydroxyl groups excluding tert-OH is 1. The molecule has 100 valence electrons. The van der Waals surface area contributed by atoms with Gasteiger partial charge in [-0.15, -0.1) is 0 Å². The Morgan fingerprint density at radius 2 is 2.06 bits per heavy atom. The van der Waals surface area contributed by atoms with E-state index in [9.17, 15) is 4.79 Å². The standard InChI is InChI=1S/C12H15Cl2NO3/c1-15(4-6-18-7-5-16)12(17)9-2-3-10(13)11(14)8-9/h2-3,8,16H,4-7H2,1H3. The van der Waals surface area contributed by atoms with Crippen molar-refractivity contribution >= 4 is 29.1 Å². The van der Waals surface area contributed by atoms with Gasteiger partial charge in [0.1, 0.15) is 0 Å². The number of amides is 1. The lowest BCUT2D eigenvalue weighted by Crippen LogP contribution is -2.30. The molecule has 0 fully saturated rings. The number of aliphatic hydroxyl groups is 1. The molecule has 0 unspecified atom stereocenters. The van der Waals surface area contributed by atoms with E-state index in [1.54, 1.807) is 19.2 Å². The van der Waals surface area contributed by atoms with Crippen molar-refractivity contribution in [2.75, 3.05) is 33.4 Å². The van der Waals surface area contributed by atoms with Crippen LogP contribution in [0.25, 0.3) is 0 Å². The first kappa shape index (κ1) is 15.2. The molecule has 0 bridgehead atoms. The Morgan fingerprint density at radius 3 is 2.67 bits per heavy atom. The third kappa shape index (κ3) is 4.46. The summed E-state index contributed by atoms with van der Waals surface area (Å²) in [5, 5.41) is 9.32. The van der Waals surface area contributed by atoms with Crippen molar-refractivity contribution in [3.63, 3.8) is 0 Å². The van der Waals surface area contributed by atoms with Crippen LogP contribution >= 0.6 is 23.2 Å². The molecule has 0 heterocycles. The van der Waals surface area contributed by atoms with Crippen LogP contribution in [0.2, 0.25) is 10.0 Å². The molecular formula is C12H15Cl2NO3. The molecule has 0 saturated carbocycles. The molecule has 1 aromatic carbocycles. The van der Waals surface area contributed by atoms with E-state index in [1.807, 2.05) is 0 Å². The number of carbonyl (C=O) groups is 1. The molecule has 0 aromatic heterocycles. The molecule has 0 aliphatic rings. The minimum atomic E-state index is -0.152. The second-order valence-electron chi connectivity index (χ2n) is 3.69. The Hall–Kier alpha value is -0.810. The molecule has 18 heavy (non-hydrogen) atoms. The average Bonchev–Trinajstić information content (AvgIpc) is 2.37. The highest BCUT2D eigenvalue weighted by molar-refractivity contribution is 6.42. The fraction of sp³-hybridized carbons (Fsp3) is 0.417. The van der Waals surface area contributed by atoms with Gasteiger partial charge in [-0.1, -0.05) is 23.2 Å². The minimum absolute atomic E-state index is 0.0234. The summed E-state index contributed by atoms with van der Waals surface area (Å²) in [6, 6.07) is 4.76. The van der Waals surface area contributed by atoms with E-state index in [0.29, 0.717) is 28.8 Å². The maximum absolute atomic E-state index is 12.0. The lowest BCUT2D eigenvalue weighted by atomic mass is 10.2. The summed E-state index contributed by atoms with van der Waals surface area (Å²) in [6.07, 6.45) is 0. The number of hydrogen-bond donors (Lipinski definition) is 1. The molecular weight excluding hydrogens is 277 g/mol. The van der Waals surface area contributed by atoms with Gasteiger partial charge in [0, 0.05) is 19.2 Å². The van der Waals surface area contributed by atoms with E-state index in [0.717, 1.165) is 0 Å². The van der Waals surface area contributed by atoms with Gasteiger partial charge >= 0.3 is 0 Å². The molecule has 1 amide bonds. The smallest absolute Gasteiger partial charge is 0.253 e. The van der Waals surface area contributed by atoms with Crippen LogP contribution in [0.5, 0.6) is 0 Å². The van der Waals surface area contributed by atoms with Gasteiger partial charge < -0.3 is 14.7 Å². The monoisotopic (exact) mass is 291 g/mol. The molecule has 1 aromatic rings. The molecule has 1 N–H and O–H groups in total. The Morgan fingerprint density at radius 1 is 1.33 bits per heavy atom. The van der Waals surface area contributed by atoms with Crippen molar-refractivity contribution in [3.05, 3.63) is 33.8 Å². The highest BCUT2D eigenvalue weighted by Crippen LogP contribution is 2.23. The zero-order valence-electron chi connectivity index (χ0n) is 10.0. The fourth-order valence-corrected chi connectivity index (χ4v) is 1.62. The molecule has 0 aliphatic heterocycles. The molecule has 0 aliphatic carbocycles. The van der Waals surface area contributed by atoms with E-state index < -0.39 is 0 Å². The molecule has 0 spiro atoms. The number of carbonyl (C=O) groups excluding carboxylic acids is 1. The second kappa shape index (κ2) is 7.59. The van der Waals surface area contributed by atoms with Gasteiger partial charge in [0.05, 0.1) is 29.9 Å². The zero-order valence-corrected chi connectivity index (χ0v) is 11.5. The highest BCUT2D eigenvalue weighted by Gasteiger charge is 2.12. The third-order valence-corrected chi connectivity index (χ3v) is 3.06. The summed E-state index contributed by atoms with van der Waals surface area (Å²) in [5.74, 6) is -0.152. The molecule has 0 radical (unpaired) electrons. The lowest BCUT2D eigenvalue weighted by Gasteiger charge is -2.17. The first-order valence-electron chi connectivity index (χ1n) is 5.45. The Kier molecular flexibility index (Phi) is 6.43. The maximum atomic E-state index is 12.0. The van der Waals surface area contributed by atoms with E-state index >= 15 is 0 Å². The third-order valence-electron chi connectivity index (χ3n) is 2.32. The van der Waals surface area contributed by atoms with Crippen LogP contribution in [0.15, 0.2) is 18.2 Å². The van der Waals surface area contributed by atoms with E-state index in [2.05, 4.69) is 0 Å². The second-order valence-corrected chi connectivity index (χ2v) is 4.51. The molecule has 4 nitrogen and oxygen atoms in total. The summed E-state index contributed by atoms with van der Waals surface area (Å²) in [4.78, 5) is 13.5. The summed E-state index contributed by atoms with van der Waals surface area (Å²) in [5.41, 5.74) is 0.481. The van der Waals surface area contributed by atoms with Crippen LogP contribution in [0.1, 0.15) is 10.4 Å². The van der Waals surface area contributed by atoms with E-state index in [-0.39, 0.29) is 19.1 Å². The lowest BCUT2D eigenvalue weighted by molar-refractivity contribution is 0.0618. The molecule has 0 saturated heterocycles. The van der Waals surface area contributed by atoms with Crippen LogP contribution in [-0.4, -0.2) is 49.3 Å². The SMILES string of the molecule is CN(CCOCCO)C(=O)c1ccc(Cl)c(Cl)c1. The predicted molar refractivity (Wildman–Crippen MR) is 71.3 cm³/mol. The summed E-state index contributed by atoms with van der Waals surface area (Å²) in [7, 11) is 1.67. The fourth-order valence-electron chi connectivity index (χ4n) is 1.32. The van der Waals surface area contributed by atoms with Gasteiger partial charge in [-0.25, -0.2) is 0 Å². The van der Waals surface area contributed by atoms with Crippen molar-refractivity contribution < 1.29 is 14.6 Å². The number of hydrogen-bond acceptors (Lipinski definition) is 3. The van der Waals surface area contributed by atoms with E-state index in [4.69, 9.17) is 33.0 Å². The summed E-state index contributed by atoms with van der Waals surface area (Å²) < 4.78 is 5.09. The Bertz CT molecular complexity index is 412. The number of benzene rings is 1. The van der Waals surface area contributed by atoms with Gasteiger partial charge in [-0.05, 0) is 18.2 Å². The van der Waals surface area contributed by atoms with Gasteiger partial charge in [-0.3, -0.25) is 4.79 Å². The highest BCUT2D eigenvalue weighted by atomic mass is 35.5. The first-order valence-corrected chi connectivity index (χ1v) is 6.21. The van der Waals surface area contributed by atoms with Crippen LogP contribution in [0.4, 0.5) is 0 Å². The van der Waals surface area contributed by atoms with Crippen molar-refractivity contribution in [3.8, 4) is 0 Å².